The van der Waals surface area contributed by atoms with Crippen molar-refractivity contribution in [3.05, 3.63) is 12.7 Å². The van der Waals surface area contributed by atoms with Gasteiger partial charge in [-0.3, -0.25) is 4.79 Å². The zero-order valence-electron chi connectivity index (χ0n) is 11.0. The van der Waals surface area contributed by atoms with Crippen molar-refractivity contribution in [1.82, 2.24) is 10.6 Å². The maximum atomic E-state index is 11.6. The molecule has 0 aromatic heterocycles. The monoisotopic (exact) mass is 238 g/mol. The van der Waals surface area contributed by atoms with E-state index in [1.807, 2.05) is 0 Å². The van der Waals surface area contributed by atoms with Crippen LogP contribution in [0.25, 0.3) is 0 Å². The predicted octanol–water partition coefficient (Wildman–Crippen LogP) is 2.24. The fraction of sp³-hybridized carbons (Fsp3) is 0.786. The standard InChI is InChI=1S/C14H26N2O/c1-3-10-15-11-14(17)16-12(2)13-8-6-4-5-7-9-13/h3,12-13,15H,1,4-11H2,2H3,(H,16,17)/t12-/m1/s1. The maximum Gasteiger partial charge on any atom is 0.234 e. The second-order valence-corrected chi connectivity index (χ2v) is 5.03. The van der Waals surface area contributed by atoms with Crippen LogP contribution >= 0.6 is 0 Å². The van der Waals surface area contributed by atoms with E-state index in [9.17, 15) is 4.79 Å². The Hall–Kier alpha value is -0.830. The summed E-state index contributed by atoms with van der Waals surface area (Å²) in [5.41, 5.74) is 0. The zero-order valence-corrected chi connectivity index (χ0v) is 11.0. The summed E-state index contributed by atoms with van der Waals surface area (Å²) in [5, 5.41) is 6.13. The number of hydrogen-bond donors (Lipinski definition) is 2. The Bertz CT molecular complexity index is 232. The Labute approximate surface area is 105 Å². The third-order valence-electron chi connectivity index (χ3n) is 3.57. The van der Waals surface area contributed by atoms with E-state index in [4.69, 9.17) is 0 Å². The molecule has 1 amide bonds. The molecule has 17 heavy (non-hydrogen) atoms. The molecule has 0 aromatic carbocycles. The zero-order chi connectivity index (χ0) is 12.5. The first-order valence-electron chi connectivity index (χ1n) is 6.85. The van der Waals surface area contributed by atoms with Gasteiger partial charge >= 0.3 is 0 Å². The molecule has 0 aromatic rings. The summed E-state index contributed by atoms with van der Waals surface area (Å²) in [6.45, 7) is 6.83. The third kappa shape index (κ3) is 5.87. The number of hydrogen-bond acceptors (Lipinski definition) is 2. The summed E-state index contributed by atoms with van der Waals surface area (Å²) in [6.07, 6.45) is 9.65. The molecule has 0 saturated heterocycles. The molecule has 1 fully saturated rings. The van der Waals surface area contributed by atoms with Crippen molar-refractivity contribution in [3.63, 3.8) is 0 Å². The normalized spacial score (nSPS) is 19.4. The number of carbonyl (C=O) groups excluding carboxylic acids is 1. The molecule has 3 nitrogen and oxygen atoms in total. The molecule has 1 atom stereocenters. The van der Waals surface area contributed by atoms with Gasteiger partial charge in [0.05, 0.1) is 6.54 Å². The summed E-state index contributed by atoms with van der Waals surface area (Å²) in [7, 11) is 0. The smallest absolute Gasteiger partial charge is 0.234 e. The highest BCUT2D eigenvalue weighted by Gasteiger charge is 2.20. The van der Waals surface area contributed by atoms with E-state index in [0.29, 0.717) is 25.0 Å². The highest BCUT2D eigenvalue weighted by Crippen LogP contribution is 2.25. The molecule has 0 radical (unpaired) electrons. The first-order valence-corrected chi connectivity index (χ1v) is 6.85. The Balaban J connectivity index is 2.23. The maximum absolute atomic E-state index is 11.6. The van der Waals surface area contributed by atoms with Crippen LogP contribution in [-0.2, 0) is 4.79 Å². The number of nitrogens with one attached hydrogen (secondary N) is 2. The van der Waals surface area contributed by atoms with Crippen LogP contribution in [0.1, 0.15) is 45.4 Å². The highest BCUT2D eigenvalue weighted by molar-refractivity contribution is 5.78. The summed E-state index contributed by atoms with van der Waals surface area (Å²) in [5.74, 6) is 0.768. The van der Waals surface area contributed by atoms with Crippen molar-refractivity contribution >= 4 is 5.91 Å². The molecule has 0 aliphatic heterocycles. The minimum Gasteiger partial charge on any atom is -0.352 e. The van der Waals surface area contributed by atoms with E-state index >= 15 is 0 Å². The SMILES string of the molecule is C=CCNCC(=O)N[C@H](C)C1CCCCCC1. The third-order valence-corrected chi connectivity index (χ3v) is 3.57. The average molecular weight is 238 g/mol. The molecule has 2 N–H and O–H groups in total. The van der Waals surface area contributed by atoms with E-state index in [0.717, 1.165) is 0 Å². The molecule has 1 aliphatic rings. The van der Waals surface area contributed by atoms with Crippen molar-refractivity contribution in [1.29, 1.82) is 0 Å². The van der Waals surface area contributed by atoms with E-state index in [2.05, 4.69) is 24.1 Å². The van der Waals surface area contributed by atoms with Crippen LogP contribution in [-0.4, -0.2) is 25.0 Å². The van der Waals surface area contributed by atoms with Crippen LogP contribution in [0.2, 0.25) is 0 Å². The lowest BCUT2D eigenvalue weighted by atomic mass is 9.93. The topological polar surface area (TPSA) is 41.1 Å². The van der Waals surface area contributed by atoms with Gasteiger partial charge in [-0.1, -0.05) is 31.8 Å². The van der Waals surface area contributed by atoms with Gasteiger partial charge in [0.15, 0.2) is 0 Å². The lowest BCUT2D eigenvalue weighted by Gasteiger charge is -2.23. The fourth-order valence-electron chi connectivity index (χ4n) is 2.52. The lowest BCUT2D eigenvalue weighted by molar-refractivity contribution is -0.121. The van der Waals surface area contributed by atoms with Crippen LogP contribution in [0.15, 0.2) is 12.7 Å². The summed E-state index contributed by atoms with van der Waals surface area (Å²) in [6, 6.07) is 0.311. The molecular formula is C14H26N2O. The van der Waals surface area contributed by atoms with E-state index < -0.39 is 0 Å². The number of carbonyl (C=O) groups is 1. The van der Waals surface area contributed by atoms with Crippen molar-refractivity contribution in [2.75, 3.05) is 13.1 Å². The van der Waals surface area contributed by atoms with Crippen molar-refractivity contribution in [2.24, 2.45) is 5.92 Å². The summed E-state index contributed by atoms with van der Waals surface area (Å²) < 4.78 is 0. The second-order valence-electron chi connectivity index (χ2n) is 5.03. The molecule has 0 spiro atoms. The summed E-state index contributed by atoms with van der Waals surface area (Å²) in [4.78, 5) is 11.6. The van der Waals surface area contributed by atoms with Crippen LogP contribution in [0, 0.1) is 5.92 Å². The highest BCUT2D eigenvalue weighted by atomic mass is 16.1. The van der Waals surface area contributed by atoms with Crippen molar-refractivity contribution in [2.45, 2.75) is 51.5 Å². The van der Waals surface area contributed by atoms with Crippen LogP contribution in [0.5, 0.6) is 0 Å². The van der Waals surface area contributed by atoms with Gasteiger partial charge in [-0.25, -0.2) is 0 Å². The van der Waals surface area contributed by atoms with Gasteiger partial charge in [-0.05, 0) is 25.7 Å². The van der Waals surface area contributed by atoms with E-state index in [1.54, 1.807) is 6.08 Å². The molecule has 1 rings (SSSR count). The van der Waals surface area contributed by atoms with Gasteiger partial charge in [-0.2, -0.15) is 0 Å². The lowest BCUT2D eigenvalue weighted by Crippen LogP contribution is -2.42. The van der Waals surface area contributed by atoms with Gasteiger partial charge in [0.25, 0.3) is 0 Å². The average Bonchev–Trinajstić information content (AvgIpc) is 2.57. The van der Waals surface area contributed by atoms with Crippen LogP contribution in [0.4, 0.5) is 0 Å². The molecule has 1 saturated carbocycles. The molecule has 0 bridgehead atoms. The quantitative estimate of drug-likeness (QED) is 0.423. The van der Waals surface area contributed by atoms with Gasteiger partial charge in [0.1, 0.15) is 0 Å². The minimum absolute atomic E-state index is 0.101. The van der Waals surface area contributed by atoms with Gasteiger partial charge in [-0.15, -0.1) is 6.58 Å². The molecular weight excluding hydrogens is 212 g/mol. The Morgan fingerprint density at radius 1 is 1.35 bits per heavy atom. The molecule has 1 aliphatic carbocycles. The van der Waals surface area contributed by atoms with E-state index in [-0.39, 0.29) is 5.91 Å². The first-order chi connectivity index (χ1) is 8.24. The Morgan fingerprint density at radius 2 is 2.00 bits per heavy atom. The predicted molar refractivity (Wildman–Crippen MR) is 71.9 cm³/mol. The van der Waals surface area contributed by atoms with Crippen molar-refractivity contribution < 1.29 is 4.79 Å². The fourth-order valence-corrected chi connectivity index (χ4v) is 2.52. The summed E-state index contributed by atoms with van der Waals surface area (Å²) >= 11 is 0. The van der Waals surface area contributed by atoms with Gasteiger partial charge in [0, 0.05) is 12.6 Å². The second kappa shape index (κ2) is 8.29. The van der Waals surface area contributed by atoms with Crippen molar-refractivity contribution in [3.8, 4) is 0 Å². The van der Waals surface area contributed by atoms with E-state index in [1.165, 1.54) is 38.5 Å². The van der Waals surface area contributed by atoms with Crippen LogP contribution in [0.3, 0.4) is 0 Å². The number of amides is 1. The molecule has 3 heteroatoms. The minimum atomic E-state index is 0.101. The number of rotatable bonds is 6. The van der Waals surface area contributed by atoms with Crippen LogP contribution < -0.4 is 10.6 Å². The largest absolute Gasteiger partial charge is 0.352 e. The molecule has 0 unspecified atom stereocenters. The Morgan fingerprint density at radius 3 is 2.59 bits per heavy atom. The van der Waals surface area contributed by atoms with Gasteiger partial charge < -0.3 is 10.6 Å². The first kappa shape index (κ1) is 14.2. The molecule has 98 valence electrons. The van der Waals surface area contributed by atoms with Gasteiger partial charge in [0.2, 0.25) is 5.91 Å². The Kier molecular flexibility index (Phi) is 6.94. The molecule has 0 heterocycles.